The molecule has 0 aromatic rings. The number of hydrogen-bond acceptors (Lipinski definition) is 6. The van der Waals surface area contributed by atoms with Crippen LogP contribution in [-0.4, -0.2) is 28.6 Å². The molecule has 136 valence electrons. The van der Waals surface area contributed by atoms with E-state index in [9.17, 15) is 9.59 Å². The summed E-state index contributed by atoms with van der Waals surface area (Å²) in [4.78, 5) is 22.2. The van der Waals surface area contributed by atoms with Gasteiger partial charge in [-0.2, -0.15) is 5.26 Å². The molecule has 1 aliphatic heterocycles. The fraction of sp³-hybridized carbons (Fsp3) is 0.706. The van der Waals surface area contributed by atoms with Crippen molar-refractivity contribution in [3.8, 4) is 6.07 Å². The Morgan fingerprint density at radius 2 is 1.54 bits per heavy atom. The zero-order valence-electron chi connectivity index (χ0n) is 15.7. The van der Waals surface area contributed by atoms with Crippen molar-refractivity contribution in [3.05, 3.63) is 11.5 Å². The average molecular weight is 356 g/mol. The molecule has 0 saturated heterocycles. The molecule has 2 amide bonds. The van der Waals surface area contributed by atoms with Gasteiger partial charge >= 0.3 is 12.2 Å². The first-order valence-corrected chi connectivity index (χ1v) is 8.60. The summed E-state index contributed by atoms with van der Waals surface area (Å²) in [6, 6.07) is 2.28. The summed E-state index contributed by atoms with van der Waals surface area (Å²) in [5.74, 6) is 0. The summed E-state index contributed by atoms with van der Waals surface area (Å²) >= 11 is 1.73. The maximum absolute atomic E-state index is 11.1. The number of nitrogens with one attached hydrogen (secondary N) is 1. The summed E-state index contributed by atoms with van der Waals surface area (Å²) in [6.07, 6.45) is 0.357. The topological polar surface area (TPSA) is 88.4 Å². The molecule has 0 aromatic carbocycles. The van der Waals surface area contributed by atoms with Crippen LogP contribution in [0.1, 0.15) is 55.4 Å². The van der Waals surface area contributed by atoms with Crippen LogP contribution >= 0.6 is 11.8 Å². The number of nitrogens with zero attached hydrogens (tertiary/aromatic N) is 1. The Balaban J connectivity index is 0.000000496. The molecule has 2 atom stereocenters. The van der Waals surface area contributed by atoms with Gasteiger partial charge in [-0.15, -0.1) is 11.8 Å². The number of nitriles is 1. The predicted octanol–water partition coefficient (Wildman–Crippen LogP) is 4.61. The number of alkyl carbamates (subject to hydrolysis) is 2. The quantitative estimate of drug-likeness (QED) is 0.682. The zero-order chi connectivity index (χ0) is 19.2. The van der Waals surface area contributed by atoms with Crippen molar-refractivity contribution in [1.29, 1.82) is 5.26 Å². The van der Waals surface area contributed by atoms with E-state index in [-0.39, 0.29) is 5.41 Å². The second-order valence-electron chi connectivity index (χ2n) is 7.60. The molecule has 1 rings (SSSR count). The fourth-order valence-corrected chi connectivity index (χ4v) is 2.40. The Labute approximate surface area is 149 Å². The highest BCUT2D eigenvalue weighted by Gasteiger charge is 2.31. The lowest BCUT2D eigenvalue weighted by Crippen LogP contribution is -2.39. The molecule has 0 spiro atoms. The molecule has 0 bridgehead atoms. The number of carbonyl (C=O) groups excluding carboxylic acids is 2. The average Bonchev–Trinajstić information content (AvgIpc) is 2.66. The van der Waals surface area contributed by atoms with Gasteiger partial charge in [0, 0.05) is 5.25 Å². The van der Waals surface area contributed by atoms with Crippen LogP contribution in [0.3, 0.4) is 0 Å². The number of imide groups is 1. The van der Waals surface area contributed by atoms with Gasteiger partial charge in [0.1, 0.15) is 11.2 Å². The zero-order valence-corrected chi connectivity index (χ0v) is 16.5. The van der Waals surface area contributed by atoms with Crippen molar-refractivity contribution < 1.29 is 19.1 Å². The molecule has 1 N–H and O–H groups in total. The molecule has 2 unspecified atom stereocenters. The van der Waals surface area contributed by atoms with Gasteiger partial charge in [0.25, 0.3) is 0 Å². The van der Waals surface area contributed by atoms with Crippen molar-refractivity contribution in [2.75, 3.05) is 0 Å². The Hall–Kier alpha value is -1.68. The van der Waals surface area contributed by atoms with Crippen LogP contribution in [0.25, 0.3) is 0 Å². The predicted molar refractivity (Wildman–Crippen MR) is 95.5 cm³/mol. The SMILES string of the molecule is CC(C)(C)OC(=O)NC(=O)OC(C)(C)C.CC1SC=CC1(C)C#N. The smallest absolute Gasteiger partial charge is 0.417 e. The number of allylic oxidation sites excluding steroid dienone is 1. The minimum atomic E-state index is -0.809. The summed E-state index contributed by atoms with van der Waals surface area (Å²) < 4.78 is 9.74. The Kier molecular flexibility index (Phi) is 7.84. The molecular weight excluding hydrogens is 328 g/mol. The van der Waals surface area contributed by atoms with Crippen LogP contribution in [0.4, 0.5) is 9.59 Å². The normalized spacial score (nSPS) is 22.7. The molecule has 0 saturated carbocycles. The number of thioether (sulfide) groups is 1. The van der Waals surface area contributed by atoms with E-state index in [2.05, 4.69) is 13.0 Å². The Morgan fingerprint density at radius 1 is 1.12 bits per heavy atom. The van der Waals surface area contributed by atoms with Gasteiger partial charge in [-0.1, -0.05) is 13.0 Å². The molecule has 0 fully saturated rings. The van der Waals surface area contributed by atoms with E-state index in [4.69, 9.17) is 14.7 Å². The first kappa shape index (κ1) is 22.3. The van der Waals surface area contributed by atoms with E-state index in [1.807, 2.05) is 23.7 Å². The third-order valence-corrected chi connectivity index (χ3v) is 3.98. The van der Waals surface area contributed by atoms with Crippen molar-refractivity contribution in [2.45, 2.75) is 71.8 Å². The molecule has 0 aliphatic carbocycles. The second-order valence-corrected chi connectivity index (χ2v) is 8.86. The van der Waals surface area contributed by atoms with E-state index in [0.717, 1.165) is 0 Å². The van der Waals surface area contributed by atoms with E-state index in [0.29, 0.717) is 5.25 Å². The second kappa shape index (κ2) is 8.43. The van der Waals surface area contributed by atoms with Gasteiger partial charge in [-0.25, -0.2) is 14.9 Å². The third kappa shape index (κ3) is 9.46. The van der Waals surface area contributed by atoms with Crippen LogP contribution in [0.2, 0.25) is 0 Å². The molecule has 24 heavy (non-hydrogen) atoms. The minimum Gasteiger partial charge on any atom is -0.443 e. The van der Waals surface area contributed by atoms with E-state index in [1.54, 1.807) is 53.3 Å². The monoisotopic (exact) mass is 356 g/mol. The van der Waals surface area contributed by atoms with Gasteiger partial charge in [0.2, 0.25) is 0 Å². The number of ether oxygens (including phenoxy) is 2. The lowest BCUT2D eigenvalue weighted by atomic mass is 9.90. The number of carbonyl (C=O) groups is 2. The van der Waals surface area contributed by atoms with Crippen molar-refractivity contribution in [3.63, 3.8) is 0 Å². The first-order chi connectivity index (χ1) is 10.7. The standard InChI is InChI=1S/C10H19NO4.C7H9NS/c1-9(2,3)14-7(12)11-8(13)15-10(4,5)6;1-6-7(2,5-8)3-4-9-6/h1-6H3,(H,11,12,13);3-4,6H,1-2H3. The molecule has 6 nitrogen and oxygen atoms in total. The highest BCUT2D eigenvalue weighted by Crippen LogP contribution is 2.38. The van der Waals surface area contributed by atoms with E-state index < -0.39 is 23.4 Å². The van der Waals surface area contributed by atoms with Crippen molar-refractivity contribution in [1.82, 2.24) is 5.32 Å². The summed E-state index contributed by atoms with van der Waals surface area (Å²) in [7, 11) is 0. The van der Waals surface area contributed by atoms with Crippen LogP contribution in [0, 0.1) is 16.7 Å². The lowest BCUT2D eigenvalue weighted by molar-refractivity contribution is 0.0353. The van der Waals surface area contributed by atoms with Gasteiger partial charge in [-0.3, -0.25) is 0 Å². The maximum atomic E-state index is 11.1. The molecule has 7 heteroatoms. The highest BCUT2D eigenvalue weighted by atomic mass is 32.2. The number of rotatable bonds is 0. The summed E-state index contributed by atoms with van der Waals surface area (Å²) in [5, 5.41) is 13.1. The van der Waals surface area contributed by atoms with Crippen LogP contribution in [0.5, 0.6) is 0 Å². The molecule has 0 aromatic heterocycles. The molecule has 1 heterocycles. The van der Waals surface area contributed by atoms with Gasteiger partial charge < -0.3 is 9.47 Å². The van der Waals surface area contributed by atoms with Crippen molar-refractivity contribution >= 4 is 23.9 Å². The largest absolute Gasteiger partial charge is 0.443 e. The fourth-order valence-electron chi connectivity index (χ4n) is 1.39. The molecule has 0 radical (unpaired) electrons. The number of hydrogen-bond donors (Lipinski definition) is 1. The summed E-state index contributed by atoms with van der Waals surface area (Å²) in [5.41, 5.74) is -1.48. The van der Waals surface area contributed by atoms with E-state index in [1.165, 1.54) is 0 Å². The van der Waals surface area contributed by atoms with Gasteiger partial charge in [-0.05, 0) is 53.9 Å². The van der Waals surface area contributed by atoms with Crippen LogP contribution in [-0.2, 0) is 9.47 Å². The molecular formula is C17H28N2O4S. The van der Waals surface area contributed by atoms with Crippen LogP contribution in [0.15, 0.2) is 11.5 Å². The highest BCUT2D eigenvalue weighted by molar-refractivity contribution is 8.03. The first-order valence-electron chi connectivity index (χ1n) is 7.66. The van der Waals surface area contributed by atoms with Crippen molar-refractivity contribution in [2.24, 2.45) is 5.41 Å². The Morgan fingerprint density at radius 3 is 1.75 bits per heavy atom. The maximum Gasteiger partial charge on any atom is 0.417 e. The van der Waals surface area contributed by atoms with Gasteiger partial charge in [0.15, 0.2) is 0 Å². The summed E-state index contributed by atoms with van der Waals surface area (Å²) in [6.45, 7) is 14.3. The minimum absolute atomic E-state index is 0.218. The van der Waals surface area contributed by atoms with Crippen LogP contribution < -0.4 is 5.32 Å². The molecule has 1 aliphatic rings. The Bertz CT molecular complexity index is 500. The number of amides is 2. The van der Waals surface area contributed by atoms with Gasteiger partial charge in [0.05, 0.1) is 11.5 Å². The van der Waals surface area contributed by atoms with E-state index >= 15 is 0 Å². The lowest BCUT2D eigenvalue weighted by Gasteiger charge is -2.21. The third-order valence-electron chi connectivity index (χ3n) is 2.78.